The number of carbonyl (C=O) groups is 1. The summed E-state index contributed by atoms with van der Waals surface area (Å²) in [6.07, 6.45) is 4.77. The van der Waals surface area contributed by atoms with E-state index in [9.17, 15) is 4.79 Å². The number of benzene rings is 1. The molecule has 0 aliphatic rings. The van der Waals surface area contributed by atoms with Crippen LogP contribution in [-0.2, 0) is 7.05 Å². The van der Waals surface area contributed by atoms with Crippen LogP contribution in [0.25, 0.3) is 0 Å². The molecule has 1 amide bonds. The lowest BCUT2D eigenvalue weighted by Crippen LogP contribution is -2.12. The fourth-order valence-electron chi connectivity index (χ4n) is 2.82. The Morgan fingerprint density at radius 3 is 2.39 bits per heavy atom. The molecule has 156 valence electrons. The highest BCUT2D eigenvalue weighted by molar-refractivity contribution is 6.05. The van der Waals surface area contributed by atoms with Crippen molar-refractivity contribution in [2.45, 2.75) is 0 Å². The minimum Gasteiger partial charge on any atom is -0.479 e. The van der Waals surface area contributed by atoms with Crippen LogP contribution in [0.2, 0.25) is 0 Å². The summed E-state index contributed by atoms with van der Waals surface area (Å²) in [4.78, 5) is 25.1. The van der Waals surface area contributed by atoms with E-state index in [2.05, 4.69) is 36.0 Å². The number of aryl methyl sites for hydroxylation is 1. The molecule has 0 aliphatic carbocycles. The first kappa shape index (κ1) is 19.8. The van der Waals surface area contributed by atoms with E-state index in [0.717, 1.165) is 5.69 Å². The number of pyridine rings is 1. The lowest BCUT2D eigenvalue weighted by atomic mass is 10.2. The van der Waals surface area contributed by atoms with E-state index in [1.807, 2.05) is 30.3 Å². The molecule has 31 heavy (non-hydrogen) atoms. The zero-order chi connectivity index (χ0) is 21.6. The van der Waals surface area contributed by atoms with Gasteiger partial charge in [0, 0.05) is 36.9 Å². The molecule has 0 atom stereocenters. The van der Waals surface area contributed by atoms with Gasteiger partial charge in [-0.1, -0.05) is 6.07 Å². The summed E-state index contributed by atoms with van der Waals surface area (Å²) in [6, 6.07) is 14.6. The Bertz CT molecular complexity index is 1180. The molecule has 3 heterocycles. The van der Waals surface area contributed by atoms with Gasteiger partial charge in [-0.3, -0.25) is 9.48 Å². The molecule has 0 spiro atoms. The predicted octanol–water partition coefficient (Wildman–Crippen LogP) is 3.35. The van der Waals surface area contributed by atoms with Crippen LogP contribution in [0.1, 0.15) is 10.4 Å². The lowest BCUT2D eigenvalue weighted by molar-refractivity contribution is 0.102. The van der Waals surface area contributed by atoms with Crippen molar-refractivity contribution in [1.82, 2.24) is 24.7 Å². The van der Waals surface area contributed by atoms with Gasteiger partial charge in [-0.05, 0) is 36.4 Å². The number of rotatable bonds is 7. The Kier molecular flexibility index (Phi) is 5.70. The minimum absolute atomic E-state index is 0.275. The van der Waals surface area contributed by atoms with E-state index in [-0.39, 0.29) is 11.8 Å². The number of hydrogen-bond donors (Lipinski definition) is 3. The zero-order valence-corrected chi connectivity index (χ0v) is 16.9. The summed E-state index contributed by atoms with van der Waals surface area (Å²) in [5.74, 6) is 1.90. The third kappa shape index (κ3) is 4.93. The van der Waals surface area contributed by atoms with Crippen LogP contribution in [-0.4, -0.2) is 37.7 Å². The molecule has 0 unspecified atom stereocenters. The quantitative estimate of drug-likeness (QED) is 0.420. The Labute approximate surface area is 178 Å². The Morgan fingerprint density at radius 2 is 1.68 bits per heavy atom. The molecular weight excluding hydrogens is 396 g/mol. The summed E-state index contributed by atoms with van der Waals surface area (Å²) in [5, 5.41) is 13.2. The number of methoxy groups -OCH3 is 1. The first-order valence-electron chi connectivity index (χ1n) is 9.37. The van der Waals surface area contributed by atoms with Gasteiger partial charge in [0.1, 0.15) is 29.3 Å². The van der Waals surface area contributed by atoms with Crippen molar-refractivity contribution in [1.29, 1.82) is 0 Å². The number of anilines is 5. The van der Waals surface area contributed by atoms with Crippen molar-refractivity contribution in [2.24, 2.45) is 7.05 Å². The molecule has 3 N–H and O–H groups in total. The van der Waals surface area contributed by atoms with Crippen molar-refractivity contribution in [2.75, 3.05) is 23.1 Å². The minimum atomic E-state index is -0.299. The van der Waals surface area contributed by atoms with Gasteiger partial charge in [-0.15, -0.1) is 5.10 Å². The highest BCUT2D eigenvalue weighted by Gasteiger charge is 2.16. The van der Waals surface area contributed by atoms with Crippen LogP contribution in [0.5, 0.6) is 5.88 Å². The van der Waals surface area contributed by atoms with Crippen LogP contribution in [0, 0.1) is 0 Å². The molecule has 0 saturated carbocycles. The standard InChI is InChI=1S/C21H20N8O2/c1-29-12-16(21(28-29)31-2)20(30)26-15-8-6-14(7-9-15)25-18-11-19(24-13-23-18)27-17-5-3-4-10-22-17/h3-13H,1-2H3,(H,26,30)(H2,22,23,24,25,27). The number of carbonyl (C=O) groups excluding carboxylic acids is 1. The Morgan fingerprint density at radius 1 is 0.935 bits per heavy atom. The number of nitrogens with one attached hydrogen (secondary N) is 3. The first-order valence-corrected chi connectivity index (χ1v) is 9.37. The maximum atomic E-state index is 12.5. The highest BCUT2D eigenvalue weighted by atomic mass is 16.5. The van der Waals surface area contributed by atoms with Gasteiger partial charge in [0.15, 0.2) is 0 Å². The maximum Gasteiger partial charge on any atom is 0.262 e. The van der Waals surface area contributed by atoms with Crippen LogP contribution in [0.4, 0.5) is 28.8 Å². The normalized spacial score (nSPS) is 10.4. The number of hydrogen-bond acceptors (Lipinski definition) is 8. The molecular formula is C21H20N8O2. The first-order chi connectivity index (χ1) is 15.1. The van der Waals surface area contributed by atoms with E-state index in [1.165, 1.54) is 18.1 Å². The molecule has 3 aromatic heterocycles. The van der Waals surface area contributed by atoms with E-state index < -0.39 is 0 Å². The summed E-state index contributed by atoms with van der Waals surface area (Å²) in [7, 11) is 3.20. The van der Waals surface area contributed by atoms with E-state index in [1.54, 1.807) is 37.6 Å². The molecule has 10 nitrogen and oxygen atoms in total. The molecule has 1 aromatic carbocycles. The smallest absolute Gasteiger partial charge is 0.262 e. The lowest BCUT2D eigenvalue weighted by Gasteiger charge is -2.09. The molecule has 0 aliphatic heterocycles. The fraction of sp³-hybridized carbons (Fsp3) is 0.0952. The van der Waals surface area contributed by atoms with Crippen molar-refractivity contribution in [3.63, 3.8) is 0 Å². The molecule has 0 saturated heterocycles. The van der Waals surface area contributed by atoms with Gasteiger partial charge in [0.05, 0.1) is 7.11 Å². The van der Waals surface area contributed by atoms with Gasteiger partial charge in [0.2, 0.25) is 5.88 Å². The average Bonchev–Trinajstić information content (AvgIpc) is 3.17. The maximum absolute atomic E-state index is 12.5. The van der Waals surface area contributed by atoms with Gasteiger partial charge >= 0.3 is 0 Å². The Balaban J connectivity index is 1.41. The van der Waals surface area contributed by atoms with Crippen molar-refractivity contribution >= 4 is 34.7 Å². The van der Waals surface area contributed by atoms with Crippen molar-refractivity contribution in [3.05, 3.63) is 72.8 Å². The number of nitrogens with zero attached hydrogens (tertiary/aromatic N) is 5. The monoisotopic (exact) mass is 416 g/mol. The molecule has 4 aromatic rings. The third-order valence-electron chi connectivity index (χ3n) is 4.24. The van der Waals surface area contributed by atoms with Crippen LogP contribution >= 0.6 is 0 Å². The van der Waals surface area contributed by atoms with E-state index in [4.69, 9.17) is 4.74 Å². The predicted molar refractivity (Wildman–Crippen MR) is 117 cm³/mol. The summed E-state index contributed by atoms with van der Waals surface area (Å²) >= 11 is 0. The number of ether oxygens (including phenoxy) is 1. The van der Waals surface area contributed by atoms with E-state index >= 15 is 0 Å². The van der Waals surface area contributed by atoms with Crippen LogP contribution in [0.3, 0.4) is 0 Å². The van der Waals surface area contributed by atoms with Crippen LogP contribution < -0.4 is 20.7 Å². The van der Waals surface area contributed by atoms with Gasteiger partial charge in [-0.25, -0.2) is 15.0 Å². The van der Waals surface area contributed by atoms with Crippen molar-refractivity contribution < 1.29 is 9.53 Å². The van der Waals surface area contributed by atoms with Crippen molar-refractivity contribution in [3.8, 4) is 5.88 Å². The average molecular weight is 416 g/mol. The molecule has 0 radical (unpaired) electrons. The molecule has 0 fully saturated rings. The highest BCUT2D eigenvalue weighted by Crippen LogP contribution is 2.21. The molecule has 10 heteroatoms. The number of aromatic nitrogens is 5. The largest absolute Gasteiger partial charge is 0.479 e. The second-order valence-electron chi connectivity index (χ2n) is 6.51. The van der Waals surface area contributed by atoms with Gasteiger partial charge in [0.25, 0.3) is 5.91 Å². The number of amides is 1. The third-order valence-corrected chi connectivity index (χ3v) is 4.24. The summed E-state index contributed by atoms with van der Waals surface area (Å²) < 4.78 is 6.66. The van der Waals surface area contributed by atoms with E-state index in [0.29, 0.717) is 28.7 Å². The molecule has 0 bridgehead atoms. The SMILES string of the molecule is COc1nn(C)cc1C(=O)Nc1ccc(Nc2cc(Nc3ccccn3)ncn2)cc1. The summed E-state index contributed by atoms with van der Waals surface area (Å²) in [6.45, 7) is 0. The second-order valence-corrected chi connectivity index (χ2v) is 6.51. The Hall–Kier alpha value is -4.47. The second kappa shape index (κ2) is 8.91. The fourth-order valence-corrected chi connectivity index (χ4v) is 2.82. The molecule has 4 rings (SSSR count). The van der Waals surface area contributed by atoms with Gasteiger partial charge < -0.3 is 20.7 Å². The summed E-state index contributed by atoms with van der Waals surface area (Å²) in [5.41, 5.74) is 1.81. The van der Waals surface area contributed by atoms with Gasteiger partial charge in [-0.2, -0.15) is 0 Å². The topological polar surface area (TPSA) is 119 Å². The zero-order valence-electron chi connectivity index (χ0n) is 16.9. The van der Waals surface area contributed by atoms with Crippen LogP contribution in [0.15, 0.2) is 67.3 Å².